The molecule has 0 unspecified atom stereocenters. The SMILES string of the molecule is CCOc1cccc([C@H](C)NC(=O)c2cscn2)c1. The summed E-state index contributed by atoms with van der Waals surface area (Å²) in [4.78, 5) is 15.9. The van der Waals surface area contributed by atoms with E-state index in [0.29, 0.717) is 12.3 Å². The Morgan fingerprint density at radius 3 is 3.05 bits per heavy atom. The van der Waals surface area contributed by atoms with Gasteiger partial charge in [0.05, 0.1) is 18.2 Å². The van der Waals surface area contributed by atoms with Crippen LogP contribution in [0.1, 0.15) is 35.9 Å². The number of nitrogens with one attached hydrogen (secondary N) is 1. The number of rotatable bonds is 5. The van der Waals surface area contributed by atoms with Crippen LogP contribution in [0.5, 0.6) is 5.75 Å². The second kappa shape index (κ2) is 6.33. The summed E-state index contributed by atoms with van der Waals surface area (Å²) in [5, 5.41) is 4.65. The highest BCUT2D eigenvalue weighted by Crippen LogP contribution is 2.19. The summed E-state index contributed by atoms with van der Waals surface area (Å²) in [6.45, 7) is 4.51. The van der Waals surface area contributed by atoms with Crippen LogP contribution < -0.4 is 10.1 Å². The van der Waals surface area contributed by atoms with Crippen LogP contribution in [0.15, 0.2) is 35.2 Å². The number of amides is 1. The van der Waals surface area contributed by atoms with Gasteiger partial charge in [-0.15, -0.1) is 11.3 Å². The van der Waals surface area contributed by atoms with Crippen molar-refractivity contribution in [2.75, 3.05) is 6.61 Å². The number of aromatic nitrogens is 1. The second-order valence-electron chi connectivity index (χ2n) is 4.07. The molecule has 0 fully saturated rings. The summed E-state index contributed by atoms with van der Waals surface area (Å²) < 4.78 is 5.45. The lowest BCUT2D eigenvalue weighted by Gasteiger charge is -2.14. The summed E-state index contributed by atoms with van der Waals surface area (Å²) in [5.74, 6) is 0.658. The predicted molar refractivity (Wildman–Crippen MR) is 75.6 cm³/mol. The Kier molecular flexibility index (Phi) is 4.52. The highest BCUT2D eigenvalue weighted by Gasteiger charge is 2.13. The quantitative estimate of drug-likeness (QED) is 0.913. The van der Waals surface area contributed by atoms with E-state index in [9.17, 15) is 4.79 Å². The molecule has 2 rings (SSSR count). The van der Waals surface area contributed by atoms with Gasteiger partial charge < -0.3 is 10.1 Å². The van der Waals surface area contributed by atoms with Gasteiger partial charge in [-0.2, -0.15) is 0 Å². The molecule has 0 saturated heterocycles. The zero-order valence-corrected chi connectivity index (χ0v) is 11.7. The van der Waals surface area contributed by atoms with Gasteiger partial charge in [0.2, 0.25) is 0 Å². The molecule has 1 N–H and O–H groups in total. The van der Waals surface area contributed by atoms with Crippen molar-refractivity contribution in [2.45, 2.75) is 19.9 Å². The lowest BCUT2D eigenvalue weighted by molar-refractivity contribution is 0.0935. The Morgan fingerprint density at radius 1 is 1.53 bits per heavy atom. The van der Waals surface area contributed by atoms with E-state index in [1.165, 1.54) is 11.3 Å². The van der Waals surface area contributed by atoms with Crippen molar-refractivity contribution in [1.29, 1.82) is 0 Å². The Labute approximate surface area is 116 Å². The molecule has 100 valence electrons. The average Bonchev–Trinajstić information content (AvgIpc) is 2.93. The van der Waals surface area contributed by atoms with Crippen molar-refractivity contribution in [3.05, 3.63) is 46.4 Å². The van der Waals surface area contributed by atoms with Gasteiger partial charge in [0.1, 0.15) is 11.4 Å². The molecule has 19 heavy (non-hydrogen) atoms. The first-order valence-corrected chi connectivity index (χ1v) is 7.06. The zero-order valence-electron chi connectivity index (χ0n) is 10.9. The lowest BCUT2D eigenvalue weighted by atomic mass is 10.1. The minimum atomic E-state index is -0.157. The van der Waals surface area contributed by atoms with Crippen molar-refractivity contribution in [3.8, 4) is 5.75 Å². The number of hydrogen-bond donors (Lipinski definition) is 1. The molecule has 1 aromatic carbocycles. The maximum Gasteiger partial charge on any atom is 0.271 e. The minimum absolute atomic E-state index is 0.0883. The Morgan fingerprint density at radius 2 is 2.37 bits per heavy atom. The first-order valence-electron chi connectivity index (χ1n) is 6.12. The van der Waals surface area contributed by atoms with Crippen molar-refractivity contribution < 1.29 is 9.53 Å². The smallest absolute Gasteiger partial charge is 0.271 e. The van der Waals surface area contributed by atoms with E-state index in [0.717, 1.165) is 11.3 Å². The normalized spacial score (nSPS) is 11.9. The summed E-state index contributed by atoms with van der Waals surface area (Å²) in [5.41, 5.74) is 3.11. The van der Waals surface area contributed by atoms with Crippen LogP contribution in [-0.4, -0.2) is 17.5 Å². The van der Waals surface area contributed by atoms with Gasteiger partial charge in [-0.05, 0) is 31.5 Å². The fourth-order valence-corrected chi connectivity index (χ4v) is 2.25. The van der Waals surface area contributed by atoms with Crippen LogP contribution in [0, 0.1) is 0 Å². The third-order valence-electron chi connectivity index (χ3n) is 2.68. The maximum atomic E-state index is 11.9. The largest absolute Gasteiger partial charge is 0.494 e. The molecule has 0 bridgehead atoms. The van der Waals surface area contributed by atoms with Gasteiger partial charge in [-0.3, -0.25) is 4.79 Å². The zero-order chi connectivity index (χ0) is 13.7. The van der Waals surface area contributed by atoms with E-state index in [4.69, 9.17) is 4.74 Å². The van der Waals surface area contributed by atoms with Crippen LogP contribution in [0.25, 0.3) is 0 Å². The molecule has 1 amide bonds. The van der Waals surface area contributed by atoms with Crippen molar-refractivity contribution >= 4 is 17.2 Å². The first-order chi connectivity index (χ1) is 9.20. The second-order valence-corrected chi connectivity index (χ2v) is 4.79. The number of nitrogens with zero attached hydrogens (tertiary/aromatic N) is 1. The Balaban J connectivity index is 2.05. The molecule has 0 spiro atoms. The summed E-state index contributed by atoms with van der Waals surface area (Å²) >= 11 is 1.41. The third-order valence-corrected chi connectivity index (χ3v) is 3.27. The molecule has 4 nitrogen and oxygen atoms in total. The molecule has 5 heteroatoms. The third kappa shape index (κ3) is 3.54. The van der Waals surface area contributed by atoms with Crippen molar-refractivity contribution in [2.24, 2.45) is 0 Å². The molecule has 0 radical (unpaired) electrons. The molecular weight excluding hydrogens is 260 g/mol. The first kappa shape index (κ1) is 13.5. The van der Waals surface area contributed by atoms with Gasteiger partial charge in [0.15, 0.2) is 0 Å². The van der Waals surface area contributed by atoms with E-state index in [1.807, 2.05) is 38.1 Å². The van der Waals surface area contributed by atoms with E-state index < -0.39 is 0 Å². The number of thiazole rings is 1. The van der Waals surface area contributed by atoms with Gasteiger partial charge >= 0.3 is 0 Å². The van der Waals surface area contributed by atoms with Crippen LogP contribution in [0.3, 0.4) is 0 Å². The van der Waals surface area contributed by atoms with Gasteiger partial charge in [-0.1, -0.05) is 12.1 Å². The fourth-order valence-electron chi connectivity index (χ4n) is 1.72. The fraction of sp³-hybridized carbons (Fsp3) is 0.286. The molecule has 0 saturated carbocycles. The average molecular weight is 276 g/mol. The molecule has 1 heterocycles. The molecule has 0 aliphatic carbocycles. The minimum Gasteiger partial charge on any atom is -0.494 e. The monoisotopic (exact) mass is 276 g/mol. The van der Waals surface area contributed by atoms with Gasteiger partial charge in [0, 0.05) is 5.38 Å². The highest BCUT2D eigenvalue weighted by molar-refractivity contribution is 7.07. The number of benzene rings is 1. The van der Waals surface area contributed by atoms with Crippen LogP contribution in [0.4, 0.5) is 0 Å². The molecule has 2 aromatic rings. The van der Waals surface area contributed by atoms with Crippen LogP contribution >= 0.6 is 11.3 Å². The molecule has 1 atom stereocenters. The van der Waals surface area contributed by atoms with E-state index in [1.54, 1.807) is 10.9 Å². The van der Waals surface area contributed by atoms with Crippen LogP contribution in [-0.2, 0) is 0 Å². The van der Waals surface area contributed by atoms with Gasteiger partial charge in [-0.25, -0.2) is 4.98 Å². The summed E-state index contributed by atoms with van der Waals surface area (Å²) in [6.07, 6.45) is 0. The van der Waals surface area contributed by atoms with Crippen molar-refractivity contribution in [1.82, 2.24) is 10.3 Å². The Bertz CT molecular complexity index is 540. The van der Waals surface area contributed by atoms with Gasteiger partial charge in [0.25, 0.3) is 5.91 Å². The van der Waals surface area contributed by atoms with Crippen LogP contribution in [0.2, 0.25) is 0 Å². The topological polar surface area (TPSA) is 51.2 Å². The number of ether oxygens (including phenoxy) is 1. The summed E-state index contributed by atoms with van der Waals surface area (Å²) in [6, 6.07) is 7.65. The standard InChI is InChI=1S/C14H16N2O2S/c1-3-18-12-6-4-5-11(7-12)10(2)16-14(17)13-8-19-9-15-13/h4-10H,3H2,1-2H3,(H,16,17)/t10-/m0/s1. The number of carbonyl (C=O) groups is 1. The van der Waals surface area contributed by atoms with E-state index >= 15 is 0 Å². The predicted octanol–water partition coefficient (Wildman–Crippen LogP) is 3.03. The highest BCUT2D eigenvalue weighted by atomic mass is 32.1. The molecule has 0 aliphatic heterocycles. The maximum absolute atomic E-state index is 11.9. The molecule has 1 aromatic heterocycles. The van der Waals surface area contributed by atoms with E-state index in [2.05, 4.69) is 10.3 Å². The van der Waals surface area contributed by atoms with E-state index in [-0.39, 0.29) is 11.9 Å². The van der Waals surface area contributed by atoms with Crippen molar-refractivity contribution in [3.63, 3.8) is 0 Å². The Hall–Kier alpha value is -1.88. The number of carbonyl (C=O) groups excluding carboxylic acids is 1. The summed E-state index contributed by atoms with van der Waals surface area (Å²) in [7, 11) is 0. The molecule has 0 aliphatic rings. The number of hydrogen-bond acceptors (Lipinski definition) is 4. The molecular formula is C14H16N2O2S. The lowest BCUT2D eigenvalue weighted by Crippen LogP contribution is -2.26.